The van der Waals surface area contributed by atoms with Gasteiger partial charge in [0.1, 0.15) is 6.04 Å². The van der Waals surface area contributed by atoms with Crippen LogP contribution in [0.5, 0.6) is 0 Å². The fourth-order valence-electron chi connectivity index (χ4n) is 3.36. The van der Waals surface area contributed by atoms with Crippen LogP contribution in [-0.4, -0.2) is 55.8 Å². The number of carbonyl (C=O) groups is 1. The Morgan fingerprint density at radius 3 is 2.70 bits per heavy atom. The van der Waals surface area contributed by atoms with Crippen LogP contribution in [0.15, 0.2) is 17.1 Å². The smallest absolute Gasteiger partial charge is 0.266 e. The van der Waals surface area contributed by atoms with Gasteiger partial charge in [0.2, 0.25) is 10.0 Å². The van der Waals surface area contributed by atoms with Crippen molar-refractivity contribution >= 4 is 37.5 Å². The lowest BCUT2D eigenvalue weighted by molar-refractivity contribution is -0.121. The van der Waals surface area contributed by atoms with Gasteiger partial charge in [-0.15, -0.1) is 0 Å². The third kappa shape index (κ3) is 4.16. The zero-order valence-corrected chi connectivity index (χ0v) is 17.7. The molecule has 1 fully saturated rings. The number of carbonyl (C=O) groups excluding carboxylic acids is 1. The van der Waals surface area contributed by atoms with E-state index in [1.807, 2.05) is 4.57 Å². The summed E-state index contributed by atoms with van der Waals surface area (Å²) in [6, 6.07) is 3.49. The van der Waals surface area contributed by atoms with Crippen molar-refractivity contribution in [3.63, 3.8) is 0 Å². The molecule has 0 radical (unpaired) electrons. The van der Waals surface area contributed by atoms with Gasteiger partial charge in [-0.25, -0.2) is 8.42 Å². The first kappa shape index (κ1) is 20.2. The van der Waals surface area contributed by atoms with Gasteiger partial charge < -0.3 is 9.30 Å². The van der Waals surface area contributed by atoms with Gasteiger partial charge in [-0.2, -0.15) is 9.30 Å². The van der Waals surface area contributed by atoms with Crippen LogP contribution >= 0.6 is 11.3 Å². The summed E-state index contributed by atoms with van der Waals surface area (Å²) in [6.45, 7) is 5.56. The monoisotopic (exact) mass is 411 g/mol. The number of nitrogens with zero attached hydrogens (tertiary/aromatic N) is 3. The minimum atomic E-state index is -3.42. The molecular formula is C18H25N3O4S2. The van der Waals surface area contributed by atoms with Crippen molar-refractivity contribution in [2.75, 3.05) is 26.5 Å². The minimum absolute atomic E-state index is 0.374. The van der Waals surface area contributed by atoms with E-state index >= 15 is 0 Å². The van der Waals surface area contributed by atoms with Crippen molar-refractivity contribution in [3.05, 3.63) is 28.1 Å². The molecule has 1 unspecified atom stereocenters. The molecule has 148 valence electrons. The summed E-state index contributed by atoms with van der Waals surface area (Å²) < 4.78 is 33.4. The van der Waals surface area contributed by atoms with Crippen LogP contribution < -0.4 is 4.80 Å². The van der Waals surface area contributed by atoms with Crippen molar-refractivity contribution < 1.29 is 17.9 Å². The summed E-state index contributed by atoms with van der Waals surface area (Å²) in [7, 11) is -1.79. The summed E-state index contributed by atoms with van der Waals surface area (Å²) >= 11 is 1.44. The average molecular weight is 412 g/mol. The molecule has 3 rings (SSSR count). The first-order valence-corrected chi connectivity index (χ1v) is 11.5. The highest BCUT2D eigenvalue weighted by atomic mass is 32.2. The molecule has 0 N–H and O–H groups in total. The Labute approximate surface area is 163 Å². The molecule has 2 aromatic rings. The second-order valence-corrected chi connectivity index (χ2v) is 9.86. The van der Waals surface area contributed by atoms with E-state index in [0.29, 0.717) is 37.3 Å². The maximum absolute atomic E-state index is 12.8. The number of aromatic nitrogens is 1. The number of rotatable bonds is 5. The second-order valence-electron chi connectivity index (χ2n) is 6.92. The predicted octanol–water partition coefficient (Wildman–Crippen LogP) is 1.82. The van der Waals surface area contributed by atoms with Gasteiger partial charge in [-0.1, -0.05) is 11.3 Å². The lowest BCUT2D eigenvalue weighted by Crippen LogP contribution is -2.40. The van der Waals surface area contributed by atoms with E-state index in [1.165, 1.54) is 26.8 Å². The summed E-state index contributed by atoms with van der Waals surface area (Å²) in [4.78, 5) is 17.7. The fraction of sp³-hybridized carbons (Fsp3) is 0.556. The molecular weight excluding hydrogens is 386 g/mol. The highest BCUT2D eigenvalue weighted by Gasteiger charge is 2.36. The summed E-state index contributed by atoms with van der Waals surface area (Å²) in [5.41, 5.74) is 3.36. The Kier molecular flexibility index (Phi) is 5.85. The Balaban J connectivity index is 2.07. The predicted molar refractivity (Wildman–Crippen MR) is 106 cm³/mol. The Morgan fingerprint density at radius 1 is 1.33 bits per heavy atom. The number of hydrogen-bond acceptors (Lipinski definition) is 5. The highest BCUT2D eigenvalue weighted by Crippen LogP contribution is 2.23. The Bertz CT molecular complexity index is 1040. The van der Waals surface area contributed by atoms with E-state index in [4.69, 9.17) is 4.74 Å². The molecule has 0 spiro atoms. The Hall–Kier alpha value is -1.55. The van der Waals surface area contributed by atoms with Gasteiger partial charge in [-0.05, 0) is 49.9 Å². The number of ether oxygens (including phenoxy) is 1. The fourth-order valence-corrected chi connectivity index (χ4v) is 5.62. The number of aryl methyl sites for hydroxylation is 2. The molecule has 9 heteroatoms. The van der Waals surface area contributed by atoms with E-state index < -0.39 is 22.0 Å². The number of methoxy groups -OCH3 is 1. The molecule has 1 saturated heterocycles. The van der Waals surface area contributed by atoms with Crippen LogP contribution in [0.4, 0.5) is 0 Å². The first-order chi connectivity index (χ1) is 12.7. The van der Waals surface area contributed by atoms with E-state index in [2.05, 4.69) is 31.0 Å². The summed E-state index contributed by atoms with van der Waals surface area (Å²) in [5.74, 6) is -0.399. The molecule has 7 nitrogen and oxygen atoms in total. The largest absolute Gasteiger partial charge is 0.383 e. The van der Waals surface area contributed by atoms with Gasteiger partial charge in [-0.3, -0.25) is 4.79 Å². The number of thiazole rings is 1. The van der Waals surface area contributed by atoms with Crippen molar-refractivity contribution in [1.82, 2.24) is 8.87 Å². The van der Waals surface area contributed by atoms with Crippen LogP contribution in [0.2, 0.25) is 0 Å². The van der Waals surface area contributed by atoms with Crippen molar-refractivity contribution in [1.29, 1.82) is 0 Å². The number of fused-ring (bicyclic) bond motifs is 1. The normalized spacial score (nSPS) is 19.3. The lowest BCUT2D eigenvalue weighted by atomic mass is 10.1. The third-order valence-electron chi connectivity index (χ3n) is 4.94. The van der Waals surface area contributed by atoms with Gasteiger partial charge in [0.05, 0.1) is 23.1 Å². The molecule has 1 aromatic carbocycles. The molecule has 1 aliphatic rings. The maximum atomic E-state index is 12.8. The molecule has 0 bridgehead atoms. The number of amides is 1. The van der Waals surface area contributed by atoms with Crippen LogP contribution in [0.3, 0.4) is 0 Å². The zero-order valence-electron chi connectivity index (χ0n) is 16.1. The van der Waals surface area contributed by atoms with E-state index in [1.54, 1.807) is 7.11 Å². The molecule has 1 aromatic heterocycles. The SMILES string of the molecule is COCCn1c(=NC(=O)C2CCCN2S(C)(=O)=O)sc2cc(C)c(C)cc21. The number of sulfonamides is 1. The van der Waals surface area contributed by atoms with Crippen LogP contribution in [0.25, 0.3) is 10.2 Å². The molecule has 1 aliphatic heterocycles. The van der Waals surface area contributed by atoms with Gasteiger partial charge in [0.25, 0.3) is 5.91 Å². The topological polar surface area (TPSA) is 81.0 Å². The Morgan fingerprint density at radius 2 is 2.04 bits per heavy atom. The molecule has 0 saturated carbocycles. The zero-order chi connectivity index (χ0) is 19.8. The average Bonchev–Trinajstić information content (AvgIpc) is 3.19. The van der Waals surface area contributed by atoms with E-state index in [9.17, 15) is 13.2 Å². The van der Waals surface area contributed by atoms with Gasteiger partial charge in [0.15, 0.2) is 4.80 Å². The van der Waals surface area contributed by atoms with Crippen molar-refractivity contribution in [2.24, 2.45) is 4.99 Å². The third-order valence-corrected chi connectivity index (χ3v) is 7.27. The summed E-state index contributed by atoms with van der Waals surface area (Å²) in [6.07, 6.45) is 2.33. The summed E-state index contributed by atoms with van der Waals surface area (Å²) in [5, 5.41) is 0. The van der Waals surface area contributed by atoms with Crippen LogP contribution in [0, 0.1) is 13.8 Å². The number of hydrogen-bond donors (Lipinski definition) is 0. The number of benzene rings is 1. The molecule has 2 heterocycles. The van der Waals surface area contributed by atoms with Crippen molar-refractivity contribution in [2.45, 2.75) is 39.3 Å². The van der Waals surface area contributed by atoms with Gasteiger partial charge in [0, 0.05) is 20.2 Å². The lowest BCUT2D eigenvalue weighted by Gasteiger charge is -2.18. The molecule has 27 heavy (non-hydrogen) atoms. The first-order valence-electron chi connectivity index (χ1n) is 8.87. The highest BCUT2D eigenvalue weighted by molar-refractivity contribution is 7.88. The van der Waals surface area contributed by atoms with Crippen LogP contribution in [-0.2, 0) is 26.1 Å². The van der Waals surface area contributed by atoms with Gasteiger partial charge >= 0.3 is 0 Å². The molecule has 1 atom stereocenters. The quantitative estimate of drug-likeness (QED) is 0.752. The van der Waals surface area contributed by atoms with Crippen LogP contribution in [0.1, 0.15) is 24.0 Å². The minimum Gasteiger partial charge on any atom is -0.383 e. The van der Waals surface area contributed by atoms with Crippen molar-refractivity contribution in [3.8, 4) is 0 Å². The second kappa shape index (κ2) is 7.83. The molecule has 0 aliphatic carbocycles. The molecule has 1 amide bonds. The maximum Gasteiger partial charge on any atom is 0.266 e. The standard InChI is InChI=1S/C18H25N3O4S2/c1-12-10-15-16(11-13(12)2)26-18(20(15)8-9-25-3)19-17(22)14-6-5-7-21(14)27(4,23)24/h10-11,14H,5-9H2,1-4H3. The van der Waals surface area contributed by atoms with E-state index in [0.717, 1.165) is 16.5 Å². The van der Waals surface area contributed by atoms with E-state index in [-0.39, 0.29) is 0 Å².